The maximum absolute atomic E-state index is 11.3. The maximum atomic E-state index is 11.3. The van der Waals surface area contributed by atoms with Gasteiger partial charge in [0.25, 0.3) is 0 Å². The zero-order valence-corrected chi connectivity index (χ0v) is 17.5. The van der Waals surface area contributed by atoms with Crippen LogP contribution in [-0.2, 0) is 9.53 Å². The third kappa shape index (κ3) is 6.72. The van der Waals surface area contributed by atoms with Gasteiger partial charge in [-0.1, -0.05) is 0 Å². The highest BCUT2D eigenvalue weighted by molar-refractivity contribution is 14.0. The molecule has 24 heavy (non-hydrogen) atoms. The average Bonchev–Trinajstić information content (AvgIpc) is 3.04. The number of aliphatic imine (C=N–C) groups is 1. The van der Waals surface area contributed by atoms with Crippen LogP contribution in [0.15, 0.2) is 4.99 Å². The zero-order valence-electron chi connectivity index (χ0n) is 15.2. The van der Waals surface area contributed by atoms with Crippen molar-refractivity contribution in [2.75, 3.05) is 73.1 Å². The summed E-state index contributed by atoms with van der Waals surface area (Å²) < 4.78 is 5.44. The lowest BCUT2D eigenvalue weighted by Crippen LogP contribution is -2.50. The Morgan fingerprint density at radius 2 is 2.04 bits per heavy atom. The van der Waals surface area contributed by atoms with E-state index in [1.54, 1.807) is 6.92 Å². The molecule has 2 saturated heterocycles. The minimum Gasteiger partial charge on any atom is -0.381 e. The number of carbonyl (C=O) groups excluding carboxylic acids is 1. The number of ether oxygens (including phenoxy) is 1. The molecule has 0 radical (unpaired) electrons. The molecular formula is C16H32IN5O2. The van der Waals surface area contributed by atoms with Gasteiger partial charge in [-0.15, -0.1) is 24.0 Å². The predicted octanol–water partition coefficient (Wildman–Crippen LogP) is 0.312. The van der Waals surface area contributed by atoms with E-state index < -0.39 is 0 Å². The highest BCUT2D eigenvalue weighted by Gasteiger charge is 2.20. The van der Waals surface area contributed by atoms with Gasteiger partial charge in [-0.2, -0.15) is 0 Å². The van der Waals surface area contributed by atoms with E-state index in [9.17, 15) is 4.79 Å². The first-order valence-electron chi connectivity index (χ1n) is 8.57. The van der Waals surface area contributed by atoms with E-state index in [1.807, 2.05) is 11.9 Å². The monoisotopic (exact) mass is 453 g/mol. The van der Waals surface area contributed by atoms with Crippen LogP contribution >= 0.6 is 24.0 Å². The summed E-state index contributed by atoms with van der Waals surface area (Å²) in [6, 6.07) is 0. The summed E-state index contributed by atoms with van der Waals surface area (Å²) in [4.78, 5) is 22.2. The molecule has 1 unspecified atom stereocenters. The number of piperazine rings is 1. The summed E-state index contributed by atoms with van der Waals surface area (Å²) in [7, 11) is 3.91. The number of guanidine groups is 1. The molecule has 1 amide bonds. The number of nitrogens with zero attached hydrogens (tertiary/aromatic N) is 4. The van der Waals surface area contributed by atoms with Gasteiger partial charge in [-0.3, -0.25) is 14.7 Å². The number of rotatable bonds is 5. The van der Waals surface area contributed by atoms with E-state index in [0.717, 1.165) is 71.4 Å². The first-order chi connectivity index (χ1) is 11.1. The van der Waals surface area contributed by atoms with Gasteiger partial charge in [-0.25, -0.2) is 0 Å². The minimum absolute atomic E-state index is 0. The number of amides is 1. The van der Waals surface area contributed by atoms with Crippen LogP contribution in [0, 0.1) is 5.92 Å². The Kier molecular flexibility index (Phi) is 9.91. The van der Waals surface area contributed by atoms with Crippen molar-refractivity contribution in [3.8, 4) is 0 Å². The van der Waals surface area contributed by atoms with Crippen molar-refractivity contribution in [1.82, 2.24) is 20.0 Å². The van der Waals surface area contributed by atoms with Gasteiger partial charge in [0, 0.05) is 79.4 Å². The molecule has 0 aromatic heterocycles. The molecule has 2 fully saturated rings. The highest BCUT2D eigenvalue weighted by Crippen LogP contribution is 2.13. The molecule has 2 heterocycles. The quantitative estimate of drug-likeness (QED) is 0.369. The van der Waals surface area contributed by atoms with E-state index >= 15 is 0 Å². The lowest BCUT2D eigenvalue weighted by molar-refractivity contribution is -0.130. The Labute approximate surface area is 162 Å². The Bertz CT molecular complexity index is 407. The van der Waals surface area contributed by atoms with Crippen LogP contribution in [0.1, 0.15) is 13.3 Å². The second-order valence-corrected chi connectivity index (χ2v) is 6.43. The number of hydrogen-bond acceptors (Lipinski definition) is 4. The van der Waals surface area contributed by atoms with E-state index in [0.29, 0.717) is 5.92 Å². The predicted molar refractivity (Wildman–Crippen MR) is 107 cm³/mol. The first kappa shape index (κ1) is 21.4. The summed E-state index contributed by atoms with van der Waals surface area (Å²) in [6.45, 7) is 9.81. The summed E-state index contributed by atoms with van der Waals surface area (Å²) in [6.07, 6.45) is 1.14. The number of hydrogen-bond donors (Lipinski definition) is 1. The molecule has 0 spiro atoms. The van der Waals surface area contributed by atoms with Crippen molar-refractivity contribution >= 4 is 35.8 Å². The van der Waals surface area contributed by atoms with Crippen LogP contribution < -0.4 is 5.32 Å². The molecule has 1 atom stereocenters. The largest absolute Gasteiger partial charge is 0.381 e. The Morgan fingerprint density at radius 3 is 2.58 bits per heavy atom. The Balaban J connectivity index is 0.00000288. The van der Waals surface area contributed by atoms with Crippen LogP contribution in [0.3, 0.4) is 0 Å². The standard InChI is InChI=1S/C16H31N5O2.HI/c1-14(22)21-9-7-20(8-10-21)6-5-18-16(17-2)19(3)12-15-4-11-23-13-15;/h15H,4-13H2,1-3H3,(H,17,18);1H. The van der Waals surface area contributed by atoms with Crippen LogP contribution in [0.5, 0.6) is 0 Å². The molecule has 0 aromatic carbocycles. The fraction of sp³-hybridized carbons (Fsp3) is 0.875. The molecule has 2 aliphatic rings. The van der Waals surface area contributed by atoms with Gasteiger partial charge in [-0.05, 0) is 6.42 Å². The average molecular weight is 453 g/mol. The second kappa shape index (κ2) is 11.1. The summed E-state index contributed by atoms with van der Waals surface area (Å²) >= 11 is 0. The van der Waals surface area contributed by atoms with Crippen molar-refractivity contribution in [3.63, 3.8) is 0 Å². The van der Waals surface area contributed by atoms with Crippen molar-refractivity contribution in [3.05, 3.63) is 0 Å². The van der Waals surface area contributed by atoms with Crippen molar-refractivity contribution in [2.24, 2.45) is 10.9 Å². The van der Waals surface area contributed by atoms with Crippen LogP contribution in [0.4, 0.5) is 0 Å². The fourth-order valence-electron chi connectivity index (χ4n) is 3.20. The Hall–Kier alpha value is -0.610. The van der Waals surface area contributed by atoms with Gasteiger partial charge < -0.3 is 19.9 Å². The molecule has 0 bridgehead atoms. The lowest BCUT2D eigenvalue weighted by atomic mass is 10.1. The summed E-state index contributed by atoms with van der Waals surface area (Å²) in [5, 5.41) is 3.44. The van der Waals surface area contributed by atoms with E-state index in [-0.39, 0.29) is 29.9 Å². The molecule has 0 aromatic rings. The van der Waals surface area contributed by atoms with Gasteiger partial charge in [0.15, 0.2) is 5.96 Å². The summed E-state index contributed by atoms with van der Waals surface area (Å²) in [5.74, 6) is 1.73. The maximum Gasteiger partial charge on any atom is 0.219 e. The van der Waals surface area contributed by atoms with E-state index in [4.69, 9.17) is 4.74 Å². The molecule has 8 heteroatoms. The Morgan fingerprint density at radius 1 is 1.33 bits per heavy atom. The van der Waals surface area contributed by atoms with Gasteiger partial charge in [0.2, 0.25) is 5.91 Å². The normalized spacial score (nSPS) is 22.2. The van der Waals surface area contributed by atoms with Gasteiger partial charge in [0.05, 0.1) is 6.61 Å². The summed E-state index contributed by atoms with van der Waals surface area (Å²) in [5.41, 5.74) is 0. The lowest BCUT2D eigenvalue weighted by Gasteiger charge is -2.34. The van der Waals surface area contributed by atoms with Crippen LogP contribution in [0.25, 0.3) is 0 Å². The van der Waals surface area contributed by atoms with Crippen molar-refractivity contribution in [2.45, 2.75) is 13.3 Å². The highest BCUT2D eigenvalue weighted by atomic mass is 127. The third-order valence-electron chi connectivity index (χ3n) is 4.66. The minimum atomic E-state index is 0. The number of halogens is 1. The third-order valence-corrected chi connectivity index (χ3v) is 4.66. The van der Waals surface area contributed by atoms with E-state index in [2.05, 4.69) is 27.2 Å². The van der Waals surface area contributed by atoms with Crippen LogP contribution in [-0.4, -0.2) is 99.7 Å². The second-order valence-electron chi connectivity index (χ2n) is 6.43. The fourth-order valence-corrected chi connectivity index (χ4v) is 3.20. The van der Waals surface area contributed by atoms with Crippen molar-refractivity contribution in [1.29, 1.82) is 0 Å². The molecule has 2 aliphatic heterocycles. The smallest absolute Gasteiger partial charge is 0.219 e. The SMILES string of the molecule is CN=C(NCCN1CCN(C(C)=O)CC1)N(C)CC1CCOC1.I. The molecular weight excluding hydrogens is 421 g/mol. The van der Waals surface area contributed by atoms with Gasteiger partial charge >= 0.3 is 0 Å². The molecule has 0 aliphatic carbocycles. The van der Waals surface area contributed by atoms with Gasteiger partial charge in [0.1, 0.15) is 0 Å². The number of carbonyl (C=O) groups is 1. The first-order valence-corrected chi connectivity index (χ1v) is 8.57. The topological polar surface area (TPSA) is 60.4 Å². The van der Waals surface area contributed by atoms with Crippen molar-refractivity contribution < 1.29 is 9.53 Å². The van der Waals surface area contributed by atoms with E-state index in [1.165, 1.54) is 0 Å². The number of nitrogens with one attached hydrogen (secondary N) is 1. The van der Waals surface area contributed by atoms with Crippen LogP contribution in [0.2, 0.25) is 0 Å². The molecule has 2 rings (SSSR count). The zero-order chi connectivity index (χ0) is 16.7. The molecule has 1 N–H and O–H groups in total. The molecule has 0 saturated carbocycles. The molecule has 140 valence electrons. The molecule has 7 nitrogen and oxygen atoms in total.